The largest absolute Gasteiger partial charge is 0.484 e. The lowest BCUT2D eigenvalue weighted by Crippen LogP contribution is -2.47. The molecule has 5 rings (SSSR count). The number of piperidine rings is 1. The number of nitrogens with zero attached hydrogens (tertiary/aromatic N) is 4. The van der Waals surface area contributed by atoms with Gasteiger partial charge in [-0.05, 0) is 75.2 Å². The molecule has 1 fully saturated rings. The van der Waals surface area contributed by atoms with Crippen LogP contribution in [-0.2, 0) is 0 Å². The first kappa shape index (κ1) is 30.5. The number of allylic oxidation sites excluding steroid dienone is 1. The molecule has 2 amide bonds. The minimum Gasteiger partial charge on any atom is -0.484 e. The number of aromatic nitrogens is 3. The van der Waals surface area contributed by atoms with Gasteiger partial charge in [0.1, 0.15) is 23.5 Å². The van der Waals surface area contributed by atoms with Crippen molar-refractivity contribution in [1.29, 1.82) is 5.41 Å². The lowest BCUT2D eigenvalue weighted by atomic mass is 9.85. The van der Waals surface area contributed by atoms with E-state index >= 15 is 0 Å². The number of pyridine rings is 1. The van der Waals surface area contributed by atoms with Crippen LogP contribution < -0.4 is 20.7 Å². The molecule has 2 aromatic heterocycles. The predicted molar refractivity (Wildman–Crippen MR) is 169 cm³/mol. The maximum absolute atomic E-state index is 13.4. The lowest BCUT2D eigenvalue weighted by molar-refractivity contribution is 0.171. The van der Waals surface area contributed by atoms with E-state index in [-0.39, 0.29) is 35.6 Å². The number of rotatable bonds is 8. The number of carbonyl (C=O) groups is 1. The third-order valence-corrected chi connectivity index (χ3v) is 8.36. The van der Waals surface area contributed by atoms with Gasteiger partial charge in [0, 0.05) is 23.1 Å². The van der Waals surface area contributed by atoms with Gasteiger partial charge in [-0.3, -0.25) is 9.72 Å². The number of nitrogens with one attached hydrogen (secondary N) is 4. The van der Waals surface area contributed by atoms with Gasteiger partial charge in [-0.25, -0.2) is 4.79 Å². The molecule has 10 nitrogen and oxygen atoms in total. The number of urea groups is 1. The number of fused-ring (bicyclic) bond motifs is 2. The Morgan fingerprint density at radius 2 is 1.74 bits per heavy atom. The van der Waals surface area contributed by atoms with E-state index in [1.165, 1.54) is 0 Å². The maximum atomic E-state index is 13.4. The summed E-state index contributed by atoms with van der Waals surface area (Å²) >= 11 is 0. The number of hydrogen-bond acceptors (Lipinski definition) is 7. The minimum absolute atomic E-state index is 0.137. The molecule has 3 aromatic rings. The monoisotopic (exact) mass is 586 g/mol. The summed E-state index contributed by atoms with van der Waals surface area (Å²) in [4.78, 5) is 15.7. The van der Waals surface area contributed by atoms with Crippen molar-refractivity contribution < 1.29 is 9.53 Å². The van der Waals surface area contributed by atoms with Gasteiger partial charge < -0.3 is 25.7 Å². The minimum atomic E-state index is -0.329. The third-order valence-electron chi connectivity index (χ3n) is 8.36. The molecule has 43 heavy (non-hydrogen) atoms. The van der Waals surface area contributed by atoms with Crippen LogP contribution in [0.2, 0.25) is 0 Å². The molecule has 0 unspecified atom stereocenters. The van der Waals surface area contributed by atoms with Gasteiger partial charge in [0.25, 0.3) is 0 Å². The zero-order valence-corrected chi connectivity index (χ0v) is 26.3. The Morgan fingerprint density at radius 1 is 1.02 bits per heavy atom. The van der Waals surface area contributed by atoms with Crippen LogP contribution in [-0.4, -0.2) is 57.4 Å². The maximum Gasteiger partial charge on any atom is 0.320 e. The van der Waals surface area contributed by atoms with Crippen LogP contribution in [0.5, 0.6) is 5.75 Å². The second-order valence-corrected chi connectivity index (χ2v) is 13.2. The smallest absolute Gasteiger partial charge is 0.320 e. The lowest BCUT2D eigenvalue weighted by Gasteiger charge is -2.33. The first-order valence-electron chi connectivity index (χ1n) is 15.4. The topological polar surface area (TPSA) is 120 Å². The number of carbonyl (C=O) groups excluding carboxylic acids is 1. The molecule has 1 saturated heterocycles. The van der Waals surface area contributed by atoms with Crippen LogP contribution in [0, 0.1) is 10.8 Å². The fourth-order valence-corrected chi connectivity index (χ4v) is 5.70. The predicted octanol–water partition coefficient (Wildman–Crippen LogP) is 5.70. The zero-order chi connectivity index (χ0) is 30.7. The number of benzene rings is 1. The second kappa shape index (κ2) is 12.8. The Kier molecular flexibility index (Phi) is 9.05. The quantitative estimate of drug-likeness (QED) is 0.252. The van der Waals surface area contributed by atoms with Gasteiger partial charge in [0.2, 0.25) is 0 Å². The van der Waals surface area contributed by atoms with E-state index in [9.17, 15) is 4.79 Å². The van der Waals surface area contributed by atoms with Crippen molar-refractivity contribution in [2.45, 2.75) is 84.4 Å². The van der Waals surface area contributed by atoms with Crippen LogP contribution in [0.3, 0.4) is 0 Å². The molecule has 0 spiro atoms. The van der Waals surface area contributed by atoms with Crippen molar-refractivity contribution in [1.82, 2.24) is 35.4 Å². The number of ether oxygens (including phenoxy) is 1. The molecule has 230 valence electrons. The van der Waals surface area contributed by atoms with Gasteiger partial charge in [0.05, 0.1) is 12.2 Å². The van der Waals surface area contributed by atoms with E-state index in [0.717, 1.165) is 67.1 Å². The third kappa shape index (κ3) is 7.36. The normalized spacial score (nSPS) is 20.1. The van der Waals surface area contributed by atoms with E-state index in [2.05, 4.69) is 64.1 Å². The van der Waals surface area contributed by atoms with E-state index in [0.29, 0.717) is 11.5 Å². The standard InChI is InChI=1S/C33H46N8O2/c1-21(2)31-39-38-30-14-11-23(20-41(30)31)43-27-13-12-26(24-9-7-8-10-25(24)27)36-32(42)37-29(19-28(34)33(3,4)5)35-22-15-17-40(6)18-16-22/h7-11,14,19-22,26-27,34-35H,12-13,15-18H2,1-6H3,(H2,36,37,42)/b29-19+,34-28?/t26-,27+/m0/s1. The first-order chi connectivity index (χ1) is 20.5. The average molecular weight is 587 g/mol. The highest BCUT2D eigenvalue weighted by Crippen LogP contribution is 2.39. The molecular formula is C33H46N8O2. The Morgan fingerprint density at radius 3 is 2.44 bits per heavy atom. The van der Waals surface area contributed by atoms with Gasteiger partial charge in [0.15, 0.2) is 5.65 Å². The van der Waals surface area contributed by atoms with E-state index in [4.69, 9.17) is 10.1 Å². The summed E-state index contributed by atoms with van der Waals surface area (Å²) < 4.78 is 8.52. The Bertz CT molecular complexity index is 1480. The molecule has 0 bridgehead atoms. The summed E-state index contributed by atoms with van der Waals surface area (Å²) in [7, 11) is 2.13. The molecule has 2 atom stereocenters. The van der Waals surface area contributed by atoms with Crippen molar-refractivity contribution in [3.63, 3.8) is 0 Å². The Hall–Kier alpha value is -3.92. The first-order valence-corrected chi connectivity index (χ1v) is 15.4. The van der Waals surface area contributed by atoms with Gasteiger partial charge in [-0.15, -0.1) is 10.2 Å². The number of amides is 2. The zero-order valence-electron chi connectivity index (χ0n) is 26.3. The molecule has 0 radical (unpaired) electrons. The highest BCUT2D eigenvalue weighted by Gasteiger charge is 2.30. The molecule has 1 aromatic carbocycles. The summed E-state index contributed by atoms with van der Waals surface area (Å²) in [6.07, 6.45) is 7.05. The van der Waals surface area contributed by atoms with Crippen LogP contribution >= 0.6 is 0 Å². The van der Waals surface area contributed by atoms with Crippen LogP contribution in [0.4, 0.5) is 4.79 Å². The molecule has 3 heterocycles. The number of hydrogen-bond donors (Lipinski definition) is 4. The highest BCUT2D eigenvalue weighted by atomic mass is 16.5. The van der Waals surface area contributed by atoms with Gasteiger partial charge in [-0.2, -0.15) is 0 Å². The van der Waals surface area contributed by atoms with E-state index in [1.807, 2.05) is 55.6 Å². The molecular weight excluding hydrogens is 540 g/mol. The molecule has 0 saturated carbocycles. The fraction of sp³-hybridized carbons (Fsp3) is 0.515. The molecule has 10 heteroatoms. The summed E-state index contributed by atoms with van der Waals surface area (Å²) in [5, 5.41) is 26.9. The van der Waals surface area contributed by atoms with Crippen molar-refractivity contribution in [3.05, 3.63) is 71.4 Å². The average Bonchev–Trinajstić information content (AvgIpc) is 3.39. The van der Waals surface area contributed by atoms with Crippen LogP contribution in [0.15, 0.2) is 54.5 Å². The molecule has 4 N–H and O–H groups in total. The summed E-state index contributed by atoms with van der Waals surface area (Å²) in [6, 6.07) is 11.8. The van der Waals surface area contributed by atoms with Crippen molar-refractivity contribution >= 4 is 17.4 Å². The Balaban J connectivity index is 1.29. The van der Waals surface area contributed by atoms with Crippen molar-refractivity contribution in [3.8, 4) is 5.75 Å². The van der Waals surface area contributed by atoms with Crippen molar-refractivity contribution in [2.75, 3.05) is 20.1 Å². The summed E-state index contributed by atoms with van der Waals surface area (Å²) in [6.45, 7) is 12.2. The highest BCUT2D eigenvalue weighted by molar-refractivity contribution is 5.97. The number of likely N-dealkylation sites (tertiary alicyclic amines) is 1. The second-order valence-electron chi connectivity index (χ2n) is 13.2. The van der Waals surface area contributed by atoms with Crippen LogP contribution in [0.25, 0.3) is 5.65 Å². The fourth-order valence-electron chi connectivity index (χ4n) is 5.70. The molecule has 1 aliphatic heterocycles. The van der Waals surface area contributed by atoms with Crippen LogP contribution in [0.1, 0.15) is 95.3 Å². The molecule has 1 aliphatic carbocycles. The van der Waals surface area contributed by atoms with E-state index in [1.54, 1.807) is 6.08 Å². The summed E-state index contributed by atoms with van der Waals surface area (Å²) in [5.74, 6) is 2.47. The van der Waals surface area contributed by atoms with Gasteiger partial charge in [-0.1, -0.05) is 58.9 Å². The van der Waals surface area contributed by atoms with E-state index < -0.39 is 0 Å². The van der Waals surface area contributed by atoms with Crippen molar-refractivity contribution in [2.24, 2.45) is 5.41 Å². The Labute approximate surface area is 254 Å². The summed E-state index contributed by atoms with van der Waals surface area (Å²) in [5.41, 5.74) is 3.05. The van der Waals surface area contributed by atoms with Gasteiger partial charge >= 0.3 is 6.03 Å². The SMILES string of the molecule is CC(C)c1nnc2ccc(O[C@@H]3CC[C@H](NC(=O)N/C(=C/C(=N)C(C)(C)C)NC4CCN(C)CC4)c4ccccc43)cn12. The molecule has 2 aliphatic rings.